The standard InChI is InChI=1S/C11H14FNO/c1-11(2,12)14-10-5-3-4-9-8(10)6-7-13-9/h3-5,13H,6-7H2,1-2H3. The van der Waals surface area contributed by atoms with Crippen molar-refractivity contribution >= 4 is 5.69 Å². The summed E-state index contributed by atoms with van der Waals surface area (Å²) in [7, 11) is 0. The molecule has 0 atom stereocenters. The molecule has 1 aromatic rings. The summed E-state index contributed by atoms with van der Waals surface area (Å²) in [6.07, 6.45) is 0.904. The number of halogens is 1. The van der Waals surface area contributed by atoms with Gasteiger partial charge in [-0.3, -0.25) is 0 Å². The van der Waals surface area contributed by atoms with Gasteiger partial charge in [0.05, 0.1) is 0 Å². The van der Waals surface area contributed by atoms with Gasteiger partial charge in [-0.25, -0.2) is 0 Å². The van der Waals surface area contributed by atoms with Crippen molar-refractivity contribution in [3.63, 3.8) is 0 Å². The summed E-state index contributed by atoms with van der Waals surface area (Å²) in [5.74, 6) is -0.961. The van der Waals surface area contributed by atoms with Gasteiger partial charge in [-0.1, -0.05) is 6.07 Å². The van der Waals surface area contributed by atoms with E-state index in [9.17, 15) is 4.39 Å². The number of benzene rings is 1. The minimum Gasteiger partial charge on any atom is -0.458 e. The van der Waals surface area contributed by atoms with E-state index in [0.717, 1.165) is 24.2 Å². The molecule has 2 nitrogen and oxygen atoms in total. The Labute approximate surface area is 83.1 Å². The Bertz CT molecular complexity index is 344. The molecule has 0 saturated carbocycles. The highest BCUT2D eigenvalue weighted by molar-refractivity contribution is 5.61. The third-order valence-electron chi connectivity index (χ3n) is 2.18. The number of fused-ring (bicyclic) bond motifs is 1. The van der Waals surface area contributed by atoms with Gasteiger partial charge >= 0.3 is 0 Å². The van der Waals surface area contributed by atoms with Crippen molar-refractivity contribution in [1.82, 2.24) is 0 Å². The number of anilines is 1. The minimum absolute atomic E-state index is 0.653. The third-order valence-corrected chi connectivity index (χ3v) is 2.18. The van der Waals surface area contributed by atoms with Crippen LogP contribution in [0.1, 0.15) is 19.4 Å². The van der Waals surface area contributed by atoms with Crippen LogP contribution < -0.4 is 10.1 Å². The molecule has 76 valence electrons. The molecule has 0 aliphatic carbocycles. The molecule has 1 heterocycles. The topological polar surface area (TPSA) is 21.3 Å². The fraction of sp³-hybridized carbons (Fsp3) is 0.455. The number of hydrogen-bond acceptors (Lipinski definition) is 2. The molecule has 0 amide bonds. The van der Waals surface area contributed by atoms with E-state index < -0.39 is 5.85 Å². The lowest BCUT2D eigenvalue weighted by molar-refractivity contribution is -0.0262. The van der Waals surface area contributed by atoms with Crippen molar-refractivity contribution < 1.29 is 9.13 Å². The summed E-state index contributed by atoms with van der Waals surface area (Å²) in [6.45, 7) is 3.73. The van der Waals surface area contributed by atoms with Crippen LogP contribution in [-0.2, 0) is 6.42 Å². The Morgan fingerprint density at radius 2 is 2.21 bits per heavy atom. The van der Waals surface area contributed by atoms with Crippen LogP contribution in [0.4, 0.5) is 10.1 Å². The summed E-state index contributed by atoms with van der Waals surface area (Å²) in [4.78, 5) is 0. The van der Waals surface area contributed by atoms with Crippen LogP contribution in [0.25, 0.3) is 0 Å². The Kier molecular flexibility index (Phi) is 2.10. The first kappa shape index (κ1) is 9.31. The van der Waals surface area contributed by atoms with Crippen molar-refractivity contribution in [3.8, 4) is 5.75 Å². The van der Waals surface area contributed by atoms with Gasteiger partial charge in [0, 0.05) is 31.6 Å². The van der Waals surface area contributed by atoms with Crippen LogP contribution >= 0.6 is 0 Å². The molecule has 0 bridgehead atoms. The predicted octanol–water partition coefficient (Wildman–Crippen LogP) is 2.74. The summed E-state index contributed by atoms with van der Waals surface area (Å²) >= 11 is 0. The van der Waals surface area contributed by atoms with Crippen LogP contribution in [0.15, 0.2) is 18.2 Å². The summed E-state index contributed by atoms with van der Waals surface area (Å²) in [6, 6.07) is 5.67. The number of alkyl halides is 1. The van der Waals surface area contributed by atoms with Gasteiger partial charge in [0.1, 0.15) is 5.75 Å². The van der Waals surface area contributed by atoms with E-state index in [1.54, 1.807) is 0 Å². The van der Waals surface area contributed by atoms with Crippen molar-refractivity contribution in [3.05, 3.63) is 23.8 Å². The number of hydrogen-bond donors (Lipinski definition) is 1. The molecule has 1 aromatic carbocycles. The third kappa shape index (κ3) is 1.81. The summed E-state index contributed by atoms with van der Waals surface area (Å²) in [5, 5.41) is 3.22. The number of rotatable bonds is 2. The molecule has 14 heavy (non-hydrogen) atoms. The van der Waals surface area contributed by atoms with E-state index in [0.29, 0.717) is 5.75 Å². The summed E-state index contributed by atoms with van der Waals surface area (Å²) < 4.78 is 18.5. The van der Waals surface area contributed by atoms with Gasteiger partial charge < -0.3 is 10.1 Å². The lowest BCUT2D eigenvalue weighted by Gasteiger charge is -2.19. The van der Waals surface area contributed by atoms with E-state index in [4.69, 9.17) is 4.74 Å². The second-order valence-corrected chi connectivity index (χ2v) is 3.92. The van der Waals surface area contributed by atoms with E-state index in [1.165, 1.54) is 13.8 Å². The van der Waals surface area contributed by atoms with Crippen molar-refractivity contribution in [2.75, 3.05) is 11.9 Å². The zero-order valence-corrected chi connectivity index (χ0v) is 8.43. The lowest BCUT2D eigenvalue weighted by Crippen LogP contribution is -2.21. The Morgan fingerprint density at radius 1 is 1.43 bits per heavy atom. The summed E-state index contributed by atoms with van der Waals surface area (Å²) in [5.41, 5.74) is 2.14. The van der Waals surface area contributed by atoms with Crippen LogP contribution in [0.2, 0.25) is 0 Å². The molecule has 2 rings (SSSR count). The molecule has 0 aromatic heterocycles. The highest BCUT2D eigenvalue weighted by Gasteiger charge is 2.21. The van der Waals surface area contributed by atoms with Crippen LogP contribution in [-0.4, -0.2) is 12.4 Å². The normalized spacial score (nSPS) is 14.8. The molecule has 0 unspecified atom stereocenters. The van der Waals surface area contributed by atoms with Crippen LogP contribution in [0.3, 0.4) is 0 Å². The zero-order chi connectivity index (χ0) is 10.2. The maximum absolute atomic E-state index is 13.3. The molecule has 1 aliphatic heterocycles. The van der Waals surface area contributed by atoms with Crippen molar-refractivity contribution in [2.24, 2.45) is 0 Å². The quantitative estimate of drug-likeness (QED) is 0.783. The van der Waals surface area contributed by atoms with E-state index in [2.05, 4.69) is 5.32 Å². The van der Waals surface area contributed by atoms with Crippen LogP contribution in [0.5, 0.6) is 5.75 Å². The first-order chi connectivity index (χ1) is 6.56. The molecular weight excluding hydrogens is 181 g/mol. The first-order valence-corrected chi connectivity index (χ1v) is 4.80. The highest BCUT2D eigenvalue weighted by Crippen LogP contribution is 2.33. The maximum atomic E-state index is 13.3. The highest BCUT2D eigenvalue weighted by atomic mass is 19.2. The Morgan fingerprint density at radius 3 is 2.93 bits per heavy atom. The molecule has 3 heteroatoms. The fourth-order valence-corrected chi connectivity index (χ4v) is 1.67. The molecular formula is C11H14FNO. The molecule has 0 radical (unpaired) electrons. The predicted molar refractivity (Wildman–Crippen MR) is 54.5 cm³/mol. The van der Waals surface area contributed by atoms with Gasteiger partial charge in [0.15, 0.2) is 0 Å². The van der Waals surface area contributed by atoms with E-state index in [-0.39, 0.29) is 0 Å². The van der Waals surface area contributed by atoms with E-state index in [1.807, 2.05) is 18.2 Å². The van der Waals surface area contributed by atoms with Gasteiger partial charge in [-0.15, -0.1) is 0 Å². The van der Waals surface area contributed by atoms with Gasteiger partial charge in [0.25, 0.3) is 0 Å². The SMILES string of the molecule is CC(C)(F)Oc1cccc2c1CCN2. The van der Waals surface area contributed by atoms with Gasteiger partial charge in [-0.05, 0) is 18.6 Å². The largest absolute Gasteiger partial charge is 0.458 e. The second-order valence-electron chi connectivity index (χ2n) is 3.92. The molecule has 1 N–H and O–H groups in total. The van der Waals surface area contributed by atoms with Crippen molar-refractivity contribution in [2.45, 2.75) is 26.1 Å². The molecule has 0 fully saturated rings. The smallest absolute Gasteiger partial charge is 0.242 e. The average Bonchev–Trinajstić information content (AvgIpc) is 2.49. The zero-order valence-electron chi connectivity index (χ0n) is 8.43. The molecule has 0 spiro atoms. The Balaban J connectivity index is 2.31. The van der Waals surface area contributed by atoms with Gasteiger partial charge in [-0.2, -0.15) is 4.39 Å². The van der Waals surface area contributed by atoms with Crippen LogP contribution in [0, 0.1) is 0 Å². The minimum atomic E-state index is -1.61. The molecule has 1 aliphatic rings. The maximum Gasteiger partial charge on any atom is 0.242 e. The first-order valence-electron chi connectivity index (χ1n) is 4.80. The average molecular weight is 195 g/mol. The van der Waals surface area contributed by atoms with E-state index >= 15 is 0 Å². The monoisotopic (exact) mass is 195 g/mol. The molecule has 0 saturated heterocycles. The number of ether oxygens (including phenoxy) is 1. The lowest BCUT2D eigenvalue weighted by atomic mass is 10.1. The Hall–Kier alpha value is -1.25. The second kappa shape index (κ2) is 3.15. The number of nitrogens with one attached hydrogen (secondary N) is 1. The van der Waals surface area contributed by atoms with Crippen molar-refractivity contribution in [1.29, 1.82) is 0 Å². The fourth-order valence-electron chi connectivity index (χ4n) is 1.67. The van der Waals surface area contributed by atoms with Gasteiger partial charge in [0.2, 0.25) is 5.85 Å².